The highest BCUT2D eigenvalue weighted by molar-refractivity contribution is 7.19. The average molecular weight is 369 g/mol. The highest BCUT2D eigenvalue weighted by atomic mass is 32.1. The van der Waals surface area contributed by atoms with Crippen molar-refractivity contribution in [3.63, 3.8) is 0 Å². The lowest BCUT2D eigenvalue weighted by Gasteiger charge is -2.28. The minimum atomic E-state index is -0.334. The van der Waals surface area contributed by atoms with Crippen molar-refractivity contribution in [3.05, 3.63) is 34.7 Å². The van der Waals surface area contributed by atoms with E-state index >= 15 is 0 Å². The maximum absolute atomic E-state index is 10.7. The maximum Gasteiger partial charge on any atom is 0.149 e. The molecule has 2 heterocycles. The zero-order chi connectivity index (χ0) is 18.3. The van der Waals surface area contributed by atoms with Gasteiger partial charge in [-0.3, -0.25) is 0 Å². The van der Waals surface area contributed by atoms with Gasteiger partial charge in [0, 0.05) is 20.5 Å². The number of anilines is 1. The number of nitrogens with one attached hydrogen (secondary N) is 1. The number of phenolic OH excluding ortho intramolecular Hbond substituents is 1. The number of thiophene rings is 1. The molecule has 0 aliphatic heterocycles. The van der Waals surface area contributed by atoms with Crippen LogP contribution in [0.1, 0.15) is 36.1 Å². The molecule has 2 atom stereocenters. The highest BCUT2D eigenvalue weighted by Crippen LogP contribution is 2.39. The molecule has 4 rings (SSSR count). The molecule has 2 aromatic heterocycles. The molecule has 1 aliphatic carbocycles. The lowest BCUT2D eigenvalue weighted by molar-refractivity contribution is 0.116. The van der Waals surface area contributed by atoms with E-state index in [9.17, 15) is 10.2 Å². The topological polar surface area (TPSA) is 78.3 Å². The molecule has 0 spiro atoms. The fraction of sp³-hybridized carbons (Fsp3) is 0.400. The Morgan fingerprint density at radius 1 is 1.12 bits per heavy atom. The molecule has 0 saturated heterocycles. The van der Waals surface area contributed by atoms with Gasteiger partial charge in [-0.15, -0.1) is 21.5 Å². The number of phenols is 1. The second-order valence-electron chi connectivity index (χ2n) is 7.09. The van der Waals surface area contributed by atoms with Gasteiger partial charge in [-0.05, 0) is 56.5 Å². The van der Waals surface area contributed by atoms with E-state index in [1.54, 1.807) is 11.3 Å². The molecule has 1 aliphatic rings. The van der Waals surface area contributed by atoms with Gasteiger partial charge in [-0.1, -0.05) is 12.8 Å². The zero-order valence-electron chi connectivity index (χ0n) is 15.0. The molecule has 136 valence electrons. The van der Waals surface area contributed by atoms with E-state index in [-0.39, 0.29) is 17.9 Å². The molecule has 0 radical (unpaired) electrons. The number of aryl methyl sites for hydroxylation is 2. The number of aromatic nitrogens is 2. The smallest absolute Gasteiger partial charge is 0.149 e. The minimum absolute atomic E-state index is 0.0295. The van der Waals surface area contributed by atoms with E-state index in [0.717, 1.165) is 41.3 Å². The summed E-state index contributed by atoms with van der Waals surface area (Å²) >= 11 is 1.67. The van der Waals surface area contributed by atoms with Gasteiger partial charge in [0.1, 0.15) is 11.6 Å². The van der Waals surface area contributed by atoms with Crippen molar-refractivity contribution in [3.8, 4) is 17.0 Å². The largest absolute Gasteiger partial charge is 0.507 e. The van der Waals surface area contributed by atoms with Crippen LogP contribution < -0.4 is 5.32 Å². The normalized spacial score (nSPS) is 20.4. The summed E-state index contributed by atoms with van der Waals surface area (Å²) in [5.41, 5.74) is 2.32. The summed E-state index contributed by atoms with van der Waals surface area (Å²) in [6.07, 6.45) is 3.63. The number of aliphatic hydroxyl groups excluding tert-OH is 1. The number of aromatic hydroxyl groups is 1. The molecule has 26 heavy (non-hydrogen) atoms. The Bertz CT molecular complexity index is 954. The van der Waals surface area contributed by atoms with E-state index in [0.29, 0.717) is 17.1 Å². The van der Waals surface area contributed by atoms with Gasteiger partial charge < -0.3 is 15.5 Å². The van der Waals surface area contributed by atoms with Crippen LogP contribution in [0.25, 0.3) is 21.3 Å². The average Bonchev–Trinajstić information content (AvgIpc) is 3.00. The Hall–Kier alpha value is -2.18. The number of hydrogen-bond donors (Lipinski definition) is 3. The molecule has 1 aromatic carbocycles. The maximum atomic E-state index is 10.7. The molecule has 0 amide bonds. The monoisotopic (exact) mass is 369 g/mol. The summed E-state index contributed by atoms with van der Waals surface area (Å²) in [4.78, 5) is 1.17. The number of aliphatic hydroxyl groups is 1. The van der Waals surface area contributed by atoms with E-state index in [4.69, 9.17) is 0 Å². The van der Waals surface area contributed by atoms with Crippen LogP contribution in [0.3, 0.4) is 0 Å². The fourth-order valence-electron chi connectivity index (χ4n) is 3.71. The van der Waals surface area contributed by atoms with Crippen LogP contribution in [0, 0.1) is 13.8 Å². The van der Waals surface area contributed by atoms with E-state index in [2.05, 4.69) is 15.5 Å². The first-order valence-corrected chi connectivity index (χ1v) is 9.86. The van der Waals surface area contributed by atoms with Crippen LogP contribution in [-0.4, -0.2) is 32.6 Å². The van der Waals surface area contributed by atoms with Gasteiger partial charge in [0.2, 0.25) is 0 Å². The first-order chi connectivity index (χ1) is 12.5. The minimum Gasteiger partial charge on any atom is -0.507 e. The van der Waals surface area contributed by atoms with Crippen molar-refractivity contribution < 1.29 is 10.2 Å². The van der Waals surface area contributed by atoms with Crippen molar-refractivity contribution in [2.24, 2.45) is 0 Å². The molecule has 5 nitrogen and oxygen atoms in total. The van der Waals surface area contributed by atoms with Gasteiger partial charge in [0.05, 0.1) is 17.8 Å². The molecule has 3 N–H and O–H groups in total. The van der Waals surface area contributed by atoms with E-state index in [1.165, 1.54) is 4.88 Å². The van der Waals surface area contributed by atoms with Crippen molar-refractivity contribution in [2.45, 2.75) is 51.7 Å². The van der Waals surface area contributed by atoms with Crippen LogP contribution in [0.5, 0.6) is 5.75 Å². The summed E-state index contributed by atoms with van der Waals surface area (Å²) in [5, 5.41) is 33.7. The van der Waals surface area contributed by atoms with Crippen molar-refractivity contribution in [1.82, 2.24) is 10.2 Å². The number of nitrogens with zero attached hydrogens (tertiary/aromatic N) is 2. The molecule has 1 saturated carbocycles. The number of rotatable bonds is 3. The third kappa shape index (κ3) is 3.15. The van der Waals surface area contributed by atoms with Gasteiger partial charge in [0.25, 0.3) is 0 Å². The van der Waals surface area contributed by atoms with Gasteiger partial charge >= 0.3 is 0 Å². The third-order valence-electron chi connectivity index (χ3n) is 5.10. The van der Waals surface area contributed by atoms with Crippen molar-refractivity contribution in [1.29, 1.82) is 0 Å². The number of fused-ring (bicyclic) bond motifs is 1. The summed E-state index contributed by atoms with van der Waals surface area (Å²) in [5.74, 6) is 0.928. The van der Waals surface area contributed by atoms with E-state index < -0.39 is 0 Å². The third-order valence-corrected chi connectivity index (χ3v) is 6.11. The Balaban J connectivity index is 1.65. The molecule has 3 aromatic rings. The first kappa shape index (κ1) is 17.2. The molecule has 0 unspecified atom stereocenters. The van der Waals surface area contributed by atoms with Crippen LogP contribution in [-0.2, 0) is 0 Å². The zero-order valence-corrected chi connectivity index (χ0v) is 15.8. The first-order valence-electron chi connectivity index (χ1n) is 9.04. The molecular weight excluding hydrogens is 346 g/mol. The summed E-state index contributed by atoms with van der Waals surface area (Å²) in [7, 11) is 0. The van der Waals surface area contributed by atoms with Gasteiger partial charge in [0.15, 0.2) is 0 Å². The van der Waals surface area contributed by atoms with Crippen LogP contribution in [0.2, 0.25) is 0 Å². The predicted molar refractivity (Wildman–Crippen MR) is 106 cm³/mol. The number of hydrogen-bond acceptors (Lipinski definition) is 6. The van der Waals surface area contributed by atoms with Gasteiger partial charge in [-0.2, -0.15) is 0 Å². The lowest BCUT2D eigenvalue weighted by Crippen LogP contribution is -2.36. The highest BCUT2D eigenvalue weighted by Gasteiger charge is 2.23. The van der Waals surface area contributed by atoms with Crippen LogP contribution >= 0.6 is 11.3 Å². The molecule has 0 bridgehead atoms. The van der Waals surface area contributed by atoms with Crippen molar-refractivity contribution in [2.75, 3.05) is 5.32 Å². The van der Waals surface area contributed by atoms with Crippen LogP contribution in [0.15, 0.2) is 24.3 Å². The lowest BCUT2D eigenvalue weighted by atomic mass is 9.92. The fourth-order valence-corrected chi connectivity index (χ4v) is 4.63. The Morgan fingerprint density at radius 2 is 1.92 bits per heavy atom. The second-order valence-corrected chi connectivity index (χ2v) is 8.38. The summed E-state index contributed by atoms with van der Waals surface area (Å²) in [6, 6.07) is 7.90. The number of benzene rings is 1. The molecule has 1 fully saturated rings. The van der Waals surface area contributed by atoms with Crippen LogP contribution in [0.4, 0.5) is 5.82 Å². The quantitative estimate of drug-likeness (QED) is 0.638. The summed E-state index contributed by atoms with van der Waals surface area (Å²) < 4.78 is 1.07. The second kappa shape index (κ2) is 6.85. The Morgan fingerprint density at radius 3 is 2.69 bits per heavy atom. The predicted octanol–water partition coefficient (Wildman–Crippen LogP) is 4.40. The summed E-state index contributed by atoms with van der Waals surface area (Å²) in [6.45, 7) is 4.00. The van der Waals surface area contributed by atoms with Gasteiger partial charge in [-0.25, -0.2) is 0 Å². The SMILES string of the molecule is Cc1cc2c(O)c(-c3nnc(N[C@@H]4CCCC[C@H]4O)cc3C)ccc2s1. The Labute approximate surface area is 156 Å². The Kier molecular flexibility index (Phi) is 4.54. The molecule has 6 heteroatoms. The van der Waals surface area contributed by atoms with E-state index in [1.807, 2.05) is 38.1 Å². The standard InChI is InChI=1S/C20H23N3O2S/c1-11-9-18(21-15-5-3-4-6-16(15)24)22-23-19(11)13-7-8-17-14(20(13)25)10-12(2)26-17/h7-10,15-16,24-25H,3-6H2,1-2H3,(H,21,22)/t15-,16-/m1/s1. The van der Waals surface area contributed by atoms with Crippen molar-refractivity contribution >= 4 is 27.2 Å². The molecular formula is C20H23N3O2S.